The maximum absolute atomic E-state index is 12.0. The number of hydrogen-bond donors (Lipinski definition) is 0. The third-order valence-corrected chi connectivity index (χ3v) is 3.98. The first-order valence-electron chi connectivity index (χ1n) is 9.06. The van der Waals surface area contributed by atoms with Gasteiger partial charge in [0.1, 0.15) is 5.75 Å². The zero-order valence-corrected chi connectivity index (χ0v) is 14.4. The van der Waals surface area contributed by atoms with Crippen LogP contribution < -0.4 is 4.74 Å². The lowest BCUT2D eigenvalue weighted by atomic mass is 10.1. The van der Waals surface area contributed by atoms with Crippen molar-refractivity contribution in [3.05, 3.63) is 29.8 Å². The quantitative estimate of drug-likeness (QED) is 0.266. The number of ether oxygens (including phenoxy) is 1. The molecule has 0 saturated carbocycles. The SMILES string of the molecule is CCCCCCCCCC(=O)Oc1ccccc1CCCC. The topological polar surface area (TPSA) is 26.3 Å². The minimum Gasteiger partial charge on any atom is -0.426 e. The van der Waals surface area contributed by atoms with Crippen LogP contribution in [0, 0.1) is 0 Å². The second-order valence-electron chi connectivity index (χ2n) is 6.06. The Kier molecular flexibility index (Phi) is 10.4. The predicted octanol–water partition coefficient (Wildman–Crippen LogP) is 6.08. The summed E-state index contributed by atoms with van der Waals surface area (Å²) < 4.78 is 5.55. The van der Waals surface area contributed by atoms with Crippen LogP contribution in [0.5, 0.6) is 5.75 Å². The van der Waals surface area contributed by atoms with Crippen molar-refractivity contribution in [3.63, 3.8) is 0 Å². The van der Waals surface area contributed by atoms with Crippen molar-refractivity contribution in [2.75, 3.05) is 0 Å². The van der Waals surface area contributed by atoms with E-state index < -0.39 is 0 Å². The number of carbonyl (C=O) groups excluding carboxylic acids is 1. The Morgan fingerprint density at radius 3 is 2.23 bits per heavy atom. The molecule has 124 valence electrons. The molecule has 0 radical (unpaired) electrons. The van der Waals surface area contributed by atoms with Gasteiger partial charge in [0.15, 0.2) is 0 Å². The molecule has 0 N–H and O–H groups in total. The first-order valence-corrected chi connectivity index (χ1v) is 9.06. The molecule has 1 aromatic carbocycles. The average molecular weight is 304 g/mol. The van der Waals surface area contributed by atoms with E-state index in [9.17, 15) is 4.79 Å². The predicted molar refractivity (Wildman–Crippen MR) is 93.3 cm³/mol. The summed E-state index contributed by atoms with van der Waals surface area (Å²) >= 11 is 0. The van der Waals surface area contributed by atoms with Gasteiger partial charge in [-0.15, -0.1) is 0 Å². The third kappa shape index (κ3) is 8.21. The van der Waals surface area contributed by atoms with Crippen molar-refractivity contribution in [1.82, 2.24) is 0 Å². The number of unbranched alkanes of at least 4 members (excludes halogenated alkanes) is 7. The zero-order chi connectivity index (χ0) is 16.0. The zero-order valence-electron chi connectivity index (χ0n) is 14.4. The summed E-state index contributed by atoms with van der Waals surface area (Å²) in [5.74, 6) is 0.668. The van der Waals surface area contributed by atoms with E-state index in [0.717, 1.165) is 43.4 Å². The molecule has 22 heavy (non-hydrogen) atoms. The highest BCUT2D eigenvalue weighted by molar-refractivity contribution is 5.72. The van der Waals surface area contributed by atoms with Crippen molar-refractivity contribution < 1.29 is 9.53 Å². The van der Waals surface area contributed by atoms with Crippen LogP contribution in [0.3, 0.4) is 0 Å². The molecular weight excluding hydrogens is 272 g/mol. The molecule has 0 heterocycles. The molecule has 0 aliphatic heterocycles. The summed E-state index contributed by atoms with van der Waals surface area (Å²) in [4.78, 5) is 12.0. The summed E-state index contributed by atoms with van der Waals surface area (Å²) in [5.41, 5.74) is 1.15. The Balaban J connectivity index is 2.24. The molecule has 0 aromatic heterocycles. The van der Waals surface area contributed by atoms with Gasteiger partial charge in [-0.1, -0.05) is 77.0 Å². The van der Waals surface area contributed by atoms with Crippen LogP contribution in [0.2, 0.25) is 0 Å². The van der Waals surface area contributed by atoms with Crippen LogP contribution in [0.15, 0.2) is 24.3 Å². The summed E-state index contributed by atoms with van der Waals surface area (Å²) in [6, 6.07) is 7.92. The third-order valence-electron chi connectivity index (χ3n) is 3.98. The van der Waals surface area contributed by atoms with Gasteiger partial charge in [0.2, 0.25) is 0 Å². The van der Waals surface area contributed by atoms with Gasteiger partial charge in [0.25, 0.3) is 0 Å². The summed E-state index contributed by atoms with van der Waals surface area (Å²) in [6.07, 6.45) is 12.4. The maximum Gasteiger partial charge on any atom is 0.311 e. The molecule has 0 amide bonds. The van der Waals surface area contributed by atoms with Crippen LogP contribution >= 0.6 is 0 Å². The van der Waals surface area contributed by atoms with E-state index in [0.29, 0.717) is 6.42 Å². The lowest BCUT2D eigenvalue weighted by Crippen LogP contribution is -2.09. The molecule has 0 aliphatic carbocycles. The van der Waals surface area contributed by atoms with Crippen LogP contribution in [-0.2, 0) is 11.2 Å². The van der Waals surface area contributed by atoms with Gasteiger partial charge in [-0.25, -0.2) is 0 Å². The number of rotatable bonds is 12. The Hall–Kier alpha value is -1.31. The van der Waals surface area contributed by atoms with Crippen LogP contribution in [0.4, 0.5) is 0 Å². The van der Waals surface area contributed by atoms with Gasteiger partial charge in [0.05, 0.1) is 0 Å². The monoisotopic (exact) mass is 304 g/mol. The number of esters is 1. The average Bonchev–Trinajstić information content (AvgIpc) is 2.53. The fourth-order valence-corrected chi connectivity index (χ4v) is 2.58. The van der Waals surface area contributed by atoms with Gasteiger partial charge >= 0.3 is 5.97 Å². The number of hydrogen-bond acceptors (Lipinski definition) is 2. The van der Waals surface area contributed by atoms with Crippen LogP contribution in [0.25, 0.3) is 0 Å². The molecular formula is C20H32O2. The minimum absolute atomic E-state index is 0.0856. The van der Waals surface area contributed by atoms with Gasteiger partial charge in [-0.05, 0) is 30.9 Å². The van der Waals surface area contributed by atoms with E-state index >= 15 is 0 Å². The lowest BCUT2D eigenvalue weighted by Gasteiger charge is -2.09. The first-order chi connectivity index (χ1) is 10.8. The Morgan fingerprint density at radius 2 is 1.50 bits per heavy atom. The van der Waals surface area contributed by atoms with E-state index in [-0.39, 0.29) is 5.97 Å². The lowest BCUT2D eigenvalue weighted by molar-refractivity contribution is -0.134. The van der Waals surface area contributed by atoms with Crippen molar-refractivity contribution >= 4 is 5.97 Å². The fourth-order valence-electron chi connectivity index (χ4n) is 2.58. The molecule has 1 rings (SSSR count). The molecule has 0 unspecified atom stereocenters. The number of para-hydroxylation sites is 1. The van der Waals surface area contributed by atoms with Gasteiger partial charge in [0, 0.05) is 6.42 Å². The van der Waals surface area contributed by atoms with Crippen LogP contribution in [-0.4, -0.2) is 5.97 Å². The molecule has 0 atom stereocenters. The van der Waals surface area contributed by atoms with E-state index in [4.69, 9.17) is 4.74 Å². The summed E-state index contributed by atoms with van der Waals surface area (Å²) in [7, 11) is 0. The highest BCUT2D eigenvalue weighted by atomic mass is 16.5. The number of aryl methyl sites for hydroxylation is 1. The minimum atomic E-state index is -0.0856. The highest BCUT2D eigenvalue weighted by Gasteiger charge is 2.08. The standard InChI is InChI=1S/C20H32O2/c1-3-5-7-8-9-10-11-17-20(21)22-19-16-13-12-15-18(19)14-6-4-2/h12-13,15-16H,3-11,14,17H2,1-2H3. The van der Waals surface area contributed by atoms with E-state index in [1.165, 1.54) is 32.1 Å². The van der Waals surface area contributed by atoms with Crippen molar-refractivity contribution in [2.24, 2.45) is 0 Å². The van der Waals surface area contributed by atoms with Gasteiger partial charge in [-0.3, -0.25) is 4.79 Å². The molecule has 2 heteroatoms. The highest BCUT2D eigenvalue weighted by Crippen LogP contribution is 2.21. The van der Waals surface area contributed by atoms with E-state index in [1.54, 1.807) is 0 Å². The normalized spacial score (nSPS) is 10.6. The summed E-state index contributed by atoms with van der Waals surface area (Å²) in [5, 5.41) is 0. The van der Waals surface area contributed by atoms with Crippen LogP contribution in [0.1, 0.15) is 83.6 Å². The van der Waals surface area contributed by atoms with Crippen molar-refractivity contribution in [1.29, 1.82) is 0 Å². The number of carbonyl (C=O) groups is 1. The Morgan fingerprint density at radius 1 is 0.864 bits per heavy atom. The van der Waals surface area contributed by atoms with Gasteiger partial charge in [-0.2, -0.15) is 0 Å². The molecule has 0 saturated heterocycles. The van der Waals surface area contributed by atoms with E-state index in [2.05, 4.69) is 19.9 Å². The maximum atomic E-state index is 12.0. The Bertz CT molecular complexity index is 412. The molecule has 0 aliphatic rings. The van der Waals surface area contributed by atoms with Crippen molar-refractivity contribution in [2.45, 2.75) is 84.5 Å². The van der Waals surface area contributed by atoms with E-state index in [1.807, 2.05) is 18.2 Å². The molecule has 0 bridgehead atoms. The second-order valence-corrected chi connectivity index (χ2v) is 6.06. The fraction of sp³-hybridized carbons (Fsp3) is 0.650. The summed E-state index contributed by atoms with van der Waals surface area (Å²) in [6.45, 7) is 4.41. The van der Waals surface area contributed by atoms with Gasteiger partial charge < -0.3 is 4.74 Å². The largest absolute Gasteiger partial charge is 0.426 e. The first kappa shape index (κ1) is 18.7. The molecule has 1 aromatic rings. The Labute approximate surface area is 136 Å². The second kappa shape index (κ2) is 12.3. The molecule has 2 nitrogen and oxygen atoms in total. The van der Waals surface area contributed by atoms with Crippen molar-refractivity contribution in [3.8, 4) is 5.75 Å². The number of benzene rings is 1. The smallest absolute Gasteiger partial charge is 0.311 e. The molecule has 0 fully saturated rings. The molecule has 0 spiro atoms.